The zero-order chi connectivity index (χ0) is 20.6. The lowest BCUT2D eigenvalue weighted by molar-refractivity contribution is 0.0941. The van der Waals surface area contributed by atoms with E-state index in [2.05, 4.69) is 20.5 Å². The second kappa shape index (κ2) is 9.84. The number of carbonyl (C=O) groups is 2. The summed E-state index contributed by atoms with van der Waals surface area (Å²) >= 11 is 0. The molecule has 29 heavy (non-hydrogen) atoms. The van der Waals surface area contributed by atoms with Gasteiger partial charge >= 0.3 is 0 Å². The van der Waals surface area contributed by atoms with Gasteiger partial charge in [0.25, 0.3) is 11.8 Å². The van der Waals surface area contributed by atoms with E-state index >= 15 is 0 Å². The summed E-state index contributed by atoms with van der Waals surface area (Å²) in [5, 5.41) is 5.79. The van der Waals surface area contributed by atoms with E-state index in [0.29, 0.717) is 18.6 Å². The van der Waals surface area contributed by atoms with E-state index in [1.165, 1.54) is 0 Å². The molecule has 7 nitrogen and oxygen atoms in total. The van der Waals surface area contributed by atoms with Crippen LogP contribution < -0.4 is 10.6 Å². The SMILES string of the molecule is CN(C)CCCNC(=O)c1nc(C(=O)NCCc2ccccc2)c2ccccn12. The summed E-state index contributed by atoms with van der Waals surface area (Å²) in [6.07, 6.45) is 3.32. The second-order valence-electron chi connectivity index (χ2n) is 7.14. The highest BCUT2D eigenvalue weighted by atomic mass is 16.2. The van der Waals surface area contributed by atoms with Crippen molar-refractivity contribution in [3.8, 4) is 0 Å². The normalized spacial score (nSPS) is 11.0. The third kappa shape index (κ3) is 5.42. The number of amides is 2. The summed E-state index contributed by atoms with van der Waals surface area (Å²) in [6, 6.07) is 15.4. The largest absolute Gasteiger partial charge is 0.350 e. The van der Waals surface area contributed by atoms with E-state index in [1.807, 2.05) is 56.6 Å². The number of pyridine rings is 1. The van der Waals surface area contributed by atoms with Crippen molar-refractivity contribution in [3.63, 3.8) is 0 Å². The Morgan fingerprint density at radius 2 is 1.69 bits per heavy atom. The van der Waals surface area contributed by atoms with Gasteiger partial charge in [0.1, 0.15) is 0 Å². The minimum Gasteiger partial charge on any atom is -0.350 e. The van der Waals surface area contributed by atoms with Crippen LogP contribution in [0.5, 0.6) is 0 Å². The molecule has 0 aliphatic rings. The van der Waals surface area contributed by atoms with E-state index in [0.717, 1.165) is 24.9 Å². The molecule has 0 aliphatic carbocycles. The van der Waals surface area contributed by atoms with Gasteiger partial charge in [0.2, 0.25) is 5.82 Å². The van der Waals surface area contributed by atoms with Crippen LogP contribution in [0, 0.1) is 0 Å². The Kier molecular flexibility index (Phi) is 6.97. The number of fused-ring (bicyclic) bond motifs is 1. The molecule has 152 valence electrons. The average molecular weight is 393 g/mol. The number of nitrogens with zero attached hydrogens (tertiary/aromatic N) is 3. The number of imidazole rings is 1. The summed E-state index contributed by atoms with van der Waals surface area (Å²) in [5.74, 6) is -0.344. The van der Waals surface area contributed by atoms with Gasteiger partial charge in [-0.25, -0.2) is 4.98 Å². The number of benzene rings is 1. The van der Waals surface area contributed by atoms with Crippen LogP contribution in [0.15, 0.2) is 54.7 Å². The number of carbonyl (C=O) groups excluding carboxylic acids is 2. The lowest BCUT2D eigenvalue weighted by Crippen LogP contribution is -2.29. The zero-order valence-corrected chi connectivity index (χ0v) is 16.9. The molecule has 0 bridgehead atoms. The number of hydrogen-bond acceptors (Lipinski definition) is 4. The van der Waals surface area contributed by atoms with E-state index in [-0.39, 0.29) is 23.3 Å². The van der Waals surface area contributed by atoms with Crippen LogP contribution in [0.25, 0.3) is 5.52 Å². The average Bonchev–Trinajstić information content (AvgIpc) is 3.11. The first-order valence-electron chi connectivity index (χ1n) is 9.78. The maximum atomic E-state index is 12.7. The minimum atomic E-state index is -0.284. The smallest absolute Gasteiger partial charge is 0.287 e. The van der Waals surface area contributed by atoms with Crippen molar-refractivity contribution in [1.29, 1.82) is 0 Å². The highest BCUT2D eigenvalue weighted by Gasteiger charge is 2.21. The predicted molar refractivity (Wildman–Crippen MR) is 113 cm³/mol. The van der Waals surface area contributed by atoms with Gasteiger partial charge < -0.3 is 15.5 Å². The Balaban J connectivity index is 1.68. The lowest BCUT2D eigenvalue weighted by atomic mass is 10.1. The van der Waals surface area contributed by atoms with Crippen molar-refractivity contribution in [2.24, 2.45) is 0 Å². The monoisotopic (exact) mass is 393 g/mol. The minimum absolute atomic E-state index is 0.221. The van der Waals surface area contributed by atoms with Crippen LogP contribution in [0.2, 0.25) is 0 Å². The summed E-state index contributed by atoms with van der Waals surface area (Å²) in [6.45, 7) is 1.94. The molecule has 3 aromatic rings. The van der Waals surface area contributed by atoms with Gasteiger partial charge in [0.15, 0.2) is 5.69 Å². The van der Waals surface area contributed by atoms with Gasteiger partial charge in [-0.05, 0) is 51.2 Å². The number of aromatic nitrogens is 2. The van der Waals surface area contributed by atoms with Crippen molar-refractivity contribution in [1.82, 2.24) is 24.9 Å². The van der Waals surface area contributed by atoms with Crippen molar-refractivity contribution in [2.75, 3.05) is 33.7 Å². The molecule has 2 aromatic heterocycles. The molecular formula is C22H27N5O2. The quantitative estimate of drug-likeness (QED) is 0.545. The summed E-state index contributed by atoms with van der Waals surface area (Å²) in [4.78, 5) is 31.7. The Morgan fingerprint density at radius 1 is 0.966 bits per heavy atom. The van der Waals surface area contributed by atoms with Crippen LogP contribution in [0.4, 0.5) is 0 Å². The van der Waals surface area contributed by atoms with Crippen molar-refractivity contribution in [2.45, 2.75) is 12.8 Å². The molecule has 0 spiro atoms. The van der Waals surface area contributed by atoms with Gasteiger partial charge in [0.05, 0.1) is 5.52 Å². The first-order chi connectivity index (χ1) is 14.1. The standard InChI is InChI=1S/C22H27N5O2/c1-26(2)15-8-13-23-22(29)20-25-19(18-11-6-7-16-27(18)20)21(28)24-14-12-17-9-4-3-5-10-17/h3-7,9-11,16H,8,12-15H2,1-2H3,(H,23,29)(H,24,28). The molecule has 0 radical (unpaired) electrons. The Labute approximate surface area is 170 Å². The molecule has 2 N–H and O–H groups in total. The van der Waals surface area contributed by atoms with Crippen LogP contribution in [-0.4, -0.2) is 59.8 Å². The van der Waals surface area contributed by atoms with Gasteiger partial charge in [-0.1, -0.05) is 36.4 Å². The van der Waals surface area contributed by atoms with Crippen molar-refractivity contribution >= 4 is 17.3 Å². The molecule has 0 fully saturated rings. The predicted octanol–water partition coefficient (Wildman–Crippen LogP) is 1.99. The van der Waals surface area contributed by atoms with E-state index in [9.17, 15) is 9.59 Å². The third-order valence-corrected chi connectivity index (χ3v) is 4.58. The van der Waals surface area contributed by atoms with E-state index in [4.69, 9.17) is 0 Å². The second-order valence-corrected chi connectivity index (χ2v) is 7.14. The molecule has 7 heteroatoms. The molecule has 0 aliphatic heterocycles. The lowest BCUT2D eigenvalue weighted by Gasteiger charge is -2.09. The maximum absolute atomic E-state index is 12.7. The van der Waals surface area contributed by atoms with Crippen molar-refractivity contribution in [3.05, 3.63) is 71.8 Å². The molecule has 2 amide bonds. The number of nitrogens with one attached hydrogen (secondary N) is 2. The summed E-state index contributed by atoms with van der Waals surface area (Å²) < 4.78 is 1.66. The fourth-order valence-electron chi connectivity index (χ4n) is 3.09. The number of rotatable bonds is 9. The van der Waals surface area contributed by atoms with E-state index < -0.39 is 0 Å². The first kappa shape index (κ1) is 20.5. The van der Waals surface area contributed by atoms with Crippen LogP contribution in [0.1, 0.15) is 33.1 Å². The fraction of sp³-hybridized carbons (Fsp3) is 0.318. The maximum Gasteiger partial charge on any atom is 0.287 e. The molecule has 0 unspecified atom stereocenters. The van der Waals surface area contributed by atoms with Gasteiger partial charge in [-0.2, -0.15) is 0 Å². The molecule has 0 atom stereocenters. The van der Waals surface area contributed by atoms with Crippen molar-refractivity contribution < 1.29 is 9.59 Å². The van der Waals surface area contributed by atoms with Crippen LogP contribution in [-0.2, 0) is 6.42 Å². The highest BCUT2D eigenvalue weighted by Crippen LogP contribution is 2.13. The zero-order valence-electron chi connectivity index (χ0n) is 16.9. The van der Waals surface area contributed by atoms with Gasteiger partial charge in [0, 0.05) is 19.3 Å². The number of hydrogen-bond donors (Lipinski definition) is 2. The van der Waals surface area contributed by atoms with Gasteiger partial charge in [-0.15, -0.1) is 0 Å². The molecule has 2 heterocycles. The van der Waals surface area contributed by atoms with Crippen LogP contribution in [0.3, 0.4) is 0 Å². The summed E-state index contributed by atoms with van der Waals surface area (Å²) in [7, 11) is 3.99. The molecule has 3 rings (SSSR count). The van der Waals surface area contributed by atoms with Gasteiger partial charge in [-0.3, -0.25) is 14.0 Å². The highest BCUT2D eigenvalue weighted by molar-refractivity contribution is 6.02. The third-order valence-electron chi connectivity index (χ3n) is 4.58. The molecular weight excluding hydrogens is 366 g/mol. The van der Waals surface area contributed by atoms with E-state index in [1.54, 1.807) is 16.7 Å². The topological polar surface area (TPSA) is 78.7 Å². The molecule has 0 saturated heterocycles. The Morgan fingerprint density at radius 3 is 2.45 bits per heavy atom. The van der Waals surface area contributed by atoms with Crippen LogP contribution >= 0.6 is 0 Å². The molecule has 0 saturated carbocycles. The Bertz CT molecular complexity index is 966. The fourth-order valence-corrected chi connectivity index (χ4v) is 3.09. The summed E-state index contributed by atoms with van der Waals surface area (Å²) in [5.41, 5.74) is 2.03. The first-order valence-corrected chi connectivity index (χ1v) is 9.78. The molecule has 1 aromatic carbocycles. The Hall–Kier alpha value is -3.19.